The molecule has 0 fully saturated rings. The van der Waals surface area contributed by atoms with E-state index in [1.807, 2.05) is 48.6 Å². The van der Waals surface area contributed by atoms with Gasteiger partial charge in [-0.25, -0.2) is 0 Å². The Bertz CT molecular complexity index is 428. The van der Waals surface area contributed by atoms with Crippen molar-refractivity contribution in [2.75, 3.05) is 0 Å². The Balaban J connectivity index is 2.45. The lowest BCUT2D eigenvalue weighted by Crippen LogP contribution is -2.42. The van der Waals surface area contributed by atoms with Crippen LogP contribution in [0, 0.1) is 0 Å². The number of hydrogen-bond donors (Lipinski definition) is 2. The first kappa shape index (κ1) is 11.5. The Morgan fingerprint density at radius 2 is 1.88 bits per heavy atom. The molecule has 1 aliphatic rings. The summed E-state index contributed by atoms with van der Waals surface area (Å²) in [6.07, 6.45) is 5.95. The van der Waals surface area contributed by atoms with Crippen LogP contribution in [-0.2, 0) is 0 Å². The van der Waals surface area contributed by atoms with Gasteiger partial charge in [0.05, 0.1) is 0 Å². The van der Waals surface area contributed by atoms with Gasteiger partial charge in [0.25, 0.3) is 0 Å². The zero-order chi connectivity index (χ0) is 11.6. The molecule has 82 valence electrons. The maximum absolute atomic E-state index is 9.42. The Morgan fingerprint density at radius 3 is 2.50 bits per heavy atom. The molecule has 0 amide bonds. The van der Waals surface area contributed by atoms with E-state index >= 15 is 0 Å². The maximum atomic E-state index is 9.42. The van der Waals surface area contributed by atoms with Crippen molar-refractivity contribution in [2.24, 2.45) is 0 Å². The summed E-state index contributed by atoms with van der Waals surface area (Å²) >= 11 is 6.29. The average molecular weight is 234 g/mol. The number of benzene rings is 1. The molecule has 2 nitrogen and oxygen atoms in total. The van der Waals surface area contributed by atoms with Crippen molar-refractivity contribution in [1.29, 1.82) is 0 Å². The van der Waals surface area contributed by atoms with E-state index in [2.05, 4.69) is 0 Å². The van der Waals surface area contributed by atoms with E-state index in [1.165, 1.54) is 0 Å². The third-order valence-corrected chi connectivity index (χ3v) is 3.31. The number of rotatable bonds is 2. The van der Waals surface area contributed by atoms with E-state index in [9.17, 15) is 10.0 Å². The molecule has 1 aliphatic carbocycles. The van der Waals surface area contributed by atoms with Crippen LogP contribution in [0.5, 0.6) is 0 Å². The van der Waals surface area contributed by atoms with E-state index < -0.39 is 11.9 Å². The SMILES string of the molecule is OB(O)C1(Cl)CC=CC=C1c1ccccc1. The van der Waals surface area contributed by atoms with Gasteiger partial charge in [-0.3, -0.25) is 0 Å². The first-order chi connectivity index (χ1) is 7.64. The predicted molar refractivity (Wildman–Crippen MR) is 67.0 cm³/mol. The van der Waals surface area contributed by atoms with Crippen LogP contribution in [0.1, 0.15) is 12.0 Å². The van der Waals surface area contributed by atoms with Gasteiger partial charge < -0.3 is 10.0 Å². The fraction of sp³-hybridized carbons (Fsp3) is 0.167. The highest BCUT2D eigenvalue weighted by Crippen LogP contribution is 2.39. The van der Waals surface area contributed by atoms with Gasteiger partial charge in [-0.2, -0.15) is 0 Å². The van der Waals surface area contributed by atoms with Crippen LogP contribution in [0.2, 0.25) is 0 Å². The van der Waals surface area contributed by atoms with E-state index in [-0.39, 0.29) is 0 Å². The molecule has 2 rings (SSSR count). The van der Waals surface area contributed by atoms with Gasteiger partial charge in [0, 0.05) is 0 Å². The van der Waals surface area contributed by atoms with E-state index in [0.29, 0.717) is 6.42 Å². The van der Waals surface area contributed by atoms with Crippen molar-refractivity contribution < 1.29 is 10.0 Å². The van der Waals surface area contributed by atoms with Crippen LogP contribution >= 0.6 is 11.6 Å². The van der Waals surface area contributed by atoms with Gasteiger partial charge in [0.2, 0.25) is 0 Å². The van der Waals surface area contributed by atoms with Crippen molar-refractivity contribution >= 4 is 24.3 Å². The van der Waals surface area contributed by atoms with Gasteiger partial charge >= 0.3 is 7.12 Å². The van der Waals surface area contributed by atoms with Crippen LogP contribution in [0.25, 0.3) is 5.57 Å². The van der Waals surface area contributed by atoms with Gasteiger partial charge in [-0.1, -0.05) is 48.6 Å². The molecule has 0 spiro atoms. The summed E-state index contributed by atoms with van der Waals surface area (Å²) in [5, 5.41) is 18.8. The third kappa shape index (κ3) is 1.94. The summed E-state index contributed by atoms with van der Waals surface area (Å²) in [5.41, 5.74) is 1.65. The second kappa shape index (κ2) is 4.46. The second-order valence-corrected chi connectivity index (χ2v) is 4.49. The lowest BCUT2D eigenvalue weighted by Gasteiger charge is -2.30. The monoisotopic (exact) mass is 234 g/mol. The average Bonchev–Trinajstić information content (AvgIpc) is 2.30. The van der Waals surface area contributed by atoms with Crippen molar-refractivity contribution in [3.63, 3.8) is 0 Å². The predicted octanol–water partition coefficient (Wildman–Crippen LogP) is 2.02. The van der Waals surface area contributed by atoms with E-state index in [4.69, 9.17) is 11.6 Å². The largest absolute Gasteiger partial charge is 0.479 e. The van der Waals surface area contributed by atoms with E-state index in [0.717, 1.165) is 11.1 Å². The summed E-state index contributed by atoms with van der Waals surface area (Å²) in [6, 6.07) is 9.52. The highest BCUT2D eigenvalue weighted by molar-refractivity contribution is 6.65. The molecule has 0 saturated carbocycles. The number of hydrogen-bond acceptors (Lipinski definition) is 2. The summed E-state index contributed by atoms with van der Waals surface area (Å²) in [4.78, 5) is 0. The first-order valence-electron chi connectivity index (χ1n) is 5.12. The first-order valence-corrected chi connectivity index (χ1v) is 5.50. The van der Waals surface area contributed by atoms with Gasteiger partial charge in [-0.05, 0) is 17.6 Å². The summed E-state index contributed by atoms with van der Waals surface area (Å²) in [7, 11) is -1.58. The molecule has 0 saturated heterocycles. The number of halogens is 1. The molecular weight excluding hydrogens is 222 g/mol. The third-order valence-electron chi connectivity index (χ3n) is 2.76. The van der Waals surface area contributed by atoms with Crippen LogP contribution in [0.4, 0.5) is 0 Å². The minimum atomic E-state index is -1.58. The van der Waals surface area contributed by atoms with Gasteiger partial charge in [0.15, 0.2) is 0 Å². The molecule has 1 aromatic rings. The lowest BCUT2D eigenvalue weighted by molar-refractivity contribution is 0.389. The molecule has 4 heteroatoms. The highest BCUT2D eigenvalue weighted by atomic mass is 35.5. The highest BCUT2D eigenvalue weighted by Gasteiger charge is 2.44. The molecule has 0 heterocycles. The Kier molecular flexibility index (Phi) is 3.19. The molecule has 2 N–H and O–H groups in total. The molecule has 1 aromatic carbocycles. The Morgan fingerprint density at radius 1 is 1.19 bits per heavy atom. The number of alkyl halides is 1. The number of allylic oxidation sites excluding steroid dienone is 4. The molecule has 1 unspecified atom stereocenters. The van der Waals surface area contributed by atoms with Crippen LogP contribution < -0.4 is 0 Å². The molecule has 16 heavy (non-hydrogen) atoms. The minimum absolute atomic E-state index is 0.410. The zero-order valence-electron chi connectivity index (χ0n) is 8.68. The van der Waals surface area contributed by atoms with E-state index in [1.54, 1.807) is 0 Å². The van der Waals surface area contributed by atoms with Crippen molar-refractivity contribution in [2.45, 2.75) is 11.2 Å². The lowest BCUT2D eigenvalue weighted by atomic mass is 9.63. The van der Waals surface area contributed by atoms with Crippen molar-refractivity contribution in [3.8, 4) is 0 Å². The van der Waals surface area contributed by atoms with Gasteiger partial charge in [0.1, 0.15) is 4.77 Å². The normalized spacial score (nSPS) is 24.1. The molecule has 0 radical (unpaired) electrons. The smallest absolute Gasteiger partial charge is 0.426 e. The minimum Gasteiger partial charge on any atom is -0.426 e. The summed E-state index contributed by atoms with van der Waals surface area (Å²) < 4.78 is -1.14. The molecule has 0 aliphatic heterocycles. The molecule has 0 bridgehead atoms. The zero-order valence-corrected chi connectivity index (χ0v) is 9.43. The molecule has 1 atom stereocenters. The molecular formula is C12H12BClO2. The van der Waals surface area contributed by atoms with Gasteiger partial charge in [-0.15, -0.1) is 11.6 Å². The quantitative estimate of drug-likeness (QED) is 0.607. The fourth-order valence-electron chi connectivity index (χ4n) is 1.85. The Labute approximate surface area is 100 Å². The fourth-order valence-corrected chi connectivity index (χ4v) is 2.11. The van der Waals surface area contributed by atoms with Crippen molar-refractivity contribution in [1.82, 2.24) is 0 Å². The summed E-state index contributed by atoms with van der Waals surface area (Å²) in [5.74, 6) is 0. The van der Waals surface area contributed by atoms with Crippen molar-refractivity contribution in [3.05, 3.63) is 54.1 Å². The Hall–Kier alpha value is -1.03. The summed E-state index contributed by atoms with van der Waals surface area (Å²) in [6.45, 7) is 0. The van der Waals surface area contributed by atoms with Crippen LogP contribution in [0.15, 0.2) is 48.6 Å². The van der Waals surface area contributed by atoms with Crippen LogP contribution in [-0.4, -0.2) is 21.9 Å². The topological polar surface area (TPSA) is 40.5 Å². The maximum Gasteiger partial charge on any atom is 0.479 e. The second-order valence-electron chi connectivity index (χ2n) is 3.81. The molecule has 0 aromatic heterocycles. The van der Waals surface area contributed by atoms with Crippen LogP contribution in [0.3, 0.4) is 0 Å². The standard InChI is InChI=1S/C12H12BClO2/c14-12(13(15)16)9-5-4-8-11(12)10-6-2-1-3-7-10/h1-8,15-16H,9H2.